The molecule has 0 radical (unpaired) electrons. The Bertz CT molecular complexity index is 552. The molecule has 20 heavy (non-hydrogen) atoms. The standard InChI is InChI=1S/C15H18N4O/c1-11(16)12-5-7-13(8-6-12)19-15(20)18-10-14-4-2-3-9-17-14/h2-9,11H,10,16H2,1H3,(H2,18,19,20). The highest BCUT2D eigenvalue weighted by Crippen LogP contribution is 2.13. The molecule has 1 aromatic carbocycles. The second-order valence-electron chi connectivity index (χ2n) is 4.54. The van der Waals surface area contributed by atoms with Crippen molar-refractivity contribution in [3.05, 3.63) is 59.9 Å². The molecule has 1 atom stereocenters. The summed E-state index contributed by atoms with van der Waals surface area (Å²) in [6.07, 6.45) is 1.70. The van der Waals surface area contributed by atoms with Crippen LogP contribution in [0.4, 0.5) is 10.5 Å². The van der Waals surface area contributed by atoms with Crippen LogP contribution in [0.3, 0.4) is 0 Å². The number of aromatic nitrogens is 1. The summed E-state index contributed by atoms with van der Waals surface area (Å²) in [5, 5.41) is 5.51. The lowest BCUT2D eigenvalue weighted by Gasteiger charge is -2.09. The van der Waals surface area contributed by atoms with Gasteiger partial charge in [-0.05, 0) is 36.8 Å². The molecule has 2 amide bonds. The summed E-state index contributed by atoms with van der Waals surface area (Å²) >= 11 is 0. The normalized spacial score (nSPS) is 11.7. The summed E-state index contributed by atoms with van der Waals surface area (Å²) in [4.78, 5) is 15.9. The quantitative estimate of drug-likeness (QED) is 0.798. The van der Waals surface area contributed by atoms with Gasteiger partial charge in [-0.15, -0.1) is 0 Å². The Morgan fingerprint density at radius 2 is 2.00 bits per heavy atom. The summed E-state index contributed by atoms with van der Waals surface area (Å²) in [5.74, 6) is 0. The number of benzene rings is 1. The lowest BCUT2D eigenvalue weighted by atomic mass is 10.1. The van der Waals surface area contributed by atoms with Crippen molar-refractivity contribution >= 4 is 11.7 Å². The molecule has 1 heterocycles. The van der Waals surface area contributed by atoms with Crippen LogP contribution in [-0.2, 0) is 6.54 Å². The molecule has 0 saturated carbocycles. The van der Waals surface area contributed by atoms with Gasteiger partial charge in [0.25, 0.3) is 0 Å². The number of urea groups is 1. The van der Waals surface area contributed by atoms with Crippen LogP contribution in [0.1, 0.15) is 24.2 Å². The largest absolute Gasteiger partial charge is 0.332 e. The Hall–Kier alpha value is -2.40. The molecule has 1 aromatic heterocycles. The van der Waals surface area contributed by atoms with Gasteiger partial charge in [-0.2, -0.15) is 0 Å². The highest BCUT2D eigenvalue weighted by atomic mass is 16.2. The smallest absolute Gasteiger partial charge is 0.319 e. The second-order valence-corrected chi connectivity index (χ2v) is 4.54. The second kappa shape index (κ2) is 6.68. The predicted molar refractivity (Wildman–Crippen MR) is 79.1 cm³/mol. The highest BCUT2D eigenvalue weighted by Gasteiger charge is 2.03. The van der Waals surface area contributed by atoms with E-state index in [-0.39, 0.29) is 12.1 Å². The topological polar surface area (TPSA) is 80.0 Å². The van der Waals surface area contributed by atoms with E-state index in [9.17, 15) is 4.79 Å². The Kier molecular flexibility index (Phi) is 4.68. The fourth-order valence-corrected chi connectivity index (χ4v) is 1.72. The lowest BCUT2D eigenvalue weighted by molar-refractivity contribution is 0.251. The van der Waals surface area contributed by atoms with Crippen LogP contribution in [0.15, 0.2) is 48.7 Å². The fraction of sp³-hybridized carbons (Fsp3) is 0.200. The maximum absolute atomic E-state index is 11.7. The summed E-state index contributed by atoms with van der Waals surface area (Å²) < 4.78 is 0. The third-order valence-corrected chi connectivity index (χ3v) is 2.85. The number of nitrogens with two attached hydrogens (primary N) is 1. The van der Waals surface area contributed by atoms with Crippen molar-refractivity contribution in [2.45, 2.75) is 19.5 Å². The number of hydrogen-bond donors (Lipinski definition) is 3. The summed E-state index contributed by atoms with van der Waals surface area (Å²) in [7, 11) is 0. The molecular weight excluding hydrogens is 252 g/mol. The third kappa shape index (κ3) is 4.07. The minimum atomic E-state index is -0.260. The first-order valence-electron chi connectivity index (χ1n) is 6.45. The van der Waals surface area contributed by atoms with Crippen molar-refractivity contribution in [3.8, 4) is 0 Å². The number of carbonyl (C=O) groups excluding carboxylic acids is 1. The van der Waals surface area contributed by atoms with Crippen LogP contribution >= 0.6 is 0 Å². The van der Waals surface area contributed by atoms with E-state index >= 15 is 0 Å². The van der Waals surface area contributed by atoms with Crippen LogP contribution in [0.25, 0.3) is 0 Å². The average Bonchev–Trinajstić information content (AvgIpc) is 2.47. The minimum Gasteiger partial charge on any atom is -0.332 e. The number of nitrogens with zero attached hydrogens (tertiary/aromatic N) is 1. The molecule has 2 aromatic rings. The van der Waals surface area contributed by atoms with Gasteiger partial charge in [0.15, 0.2) is 0 Å². The zero-order chi connectivity index (χ0) is 14.4. The van der Waals surface area contributed by atoms with Gasteiger partial charge in [-0.25, -0.2) is 4.79 Å². The minimum absolute atomic E-state index is 0.0120. The van der Waals surface area contributed by atoms with Crippen LogP contribution < -0.4 is 16.4 Å². The van der Waals surface area contributed by atoms with Crippen molar-refractivity contribution in [1.82, 2.24) is 10.3 Å². The molecule has 1 unspecified atom stereocenters. The zero-order valence-electron chi connectivity index (χ0n) is 11.3. The molecule has 104 valence electrons. The van der Waals surface area contributed by atoms with Crippen molar-refractivity contribution in [3.63, 3.8) is 0 Å². The average molecular weight is 270 g/mol. The van der Waals surface area contributed by atoms with Crippen molar-refractivity contribution in [2.75, 3.05) is 5.32 Å². The van der Waals surface area contributed by atoms with Gasteiger partial charge >= 0.3 is 6.03 Å². The molecular formula is C15H18N4O. The van der Waals surface area contributed by atoms with Crippen LogP contribution in [0.2, 0.25) is 0 Å². The summed E-state index contributed by atoms with van der Waals surface area (Å²) in [5.41, 5.74) is 8.35. The molecule has 0 aliphatic heterocycles. The van der Waals surface area contributed by atoms with E-state index in [4.69, 9.17) is 5.73 Å². The molecule has 0 fully saturated rings. The van der Waals surface area contributed by atoms with Gasteiger partial charge < -0.3 is 16.4 Å². The first kappa shape index (κ1) is 14.0. The SMILES string of the molecule is CC(N)c1ccc(NC(=O)NCc2ccccn2)cc1. The van der Waals surface area contributed by atoms with Crippen molar-refractivity contribution in [2.24, 2.45) is 5.73 Å². The lowest BCUT2D eigenvalue weighted by Crippen LogP contribution is -2.28. The van der Waals surface area contributed by atoms with Crippen LogP contribution in [0.5, 0.6) is 0 Å². The molecule has 4 N–H and O–H groups in total. The monoisotopic (exact) mass is 270 g/mol. The van der Waals surface area contributed by atoms with Gasteiger partial charge in [0.1, 0.15) is 0 Å². The first-order valence-corrected chi connectivity index (χ1v) is 6.45. The maximum Gasteiger partial charge on any atom is 0.319 e. The van der Waals surface area contributed by atoms with Crippen LogP contribution in [0, 0.1) is 0 Å². The Morgan fingerprint density at radius 1 is 1.25 bits per heavy atom. The van der Waals surface area contributed by atoms with E-state index < -0.39 is 0 Å². The van der Waals surface area contributed by atoms with E-state index in [1.807, 2.05) is 49.4 Å². The summed E-state index contributed by atoms with van der Waals surface area (Å²) in [6.45, 7) is 2.31. The molecule has 5 nitrogen and oxygen atoms in total. The number of pyridine rings is 1. The third-order valence-electron chi connectivity index (χ3n) is 2.85. The summed E-state index contributed by atoms with van der Waals surface area (Å²) in [6, 6.07) is 12.8. The van der Waals surface area contributed by atoms with E-state index in [1.165, 1.54) is 0 Å². The molecule has 0 aliphatic rings. The van der Waals surface area contributed by atoms with Gasteiger partial charge in [0, 0.05) is 17.9 Å². The zero-order valence-corrected chi connectivity index (χ0v) is 11.3. The molecule has 0 bridgehead atoms. The number of rotatable bonds is 4. The van der Waals surface area contributed by atoms with Gasteiger partial charge in [-0.3, -0.25) is 4.98 Å². The van der Waals surface area contributed by atoms with E-state index in [2.05, 4.69) is 15.6 Å². The van der Waals surface area contributed by atoms with E-state index in [0.717, 1.165) is 16.9 Å². The predicted octanol–water partition coefficient (Wildman–Crippen LogP) is 2.42. The number of amides is 2. The Labute approximate surface area is 118 Å². The number of nitrogens with one attached hydrogen (secondary N) is 2. The van der Waals surface area contributed by atoms with Gasteiger partial charge in [0.2, 0.25) is 0 Å². The molecule has 2 rings (SSSR count). The van der Waals surface area contributed by atoms with E-state index in [0.29, 0.717) is 6.54 Å². The Balaban J connectivity index is 1.85. The molecule has 0 aliphatic carbocycles. The van der Waals surface area contributed by atoms with Gasteiger partial charge in [-0.1, -0.05) is 18.2 Å². The van der Waals surface area contributed by atoms with Gasteiger partial charge in [0.05, 0.1) is 12.2 Å². The van der Waals surface area contributed by atoms with Crippen LogP contribution in [-0.4, -0.2) is 11.0 Å². The van der Waals surface area contributed by atoms with E-state index in [1.54, 1.807) is 6.20 Å². The van der Waals surface area contributed by atoms with Crippen molar-refractivity contribution in [1.29, 1.82) is 0 Å². The molecule has 5 heteroatoms. The molecule has 0 saturated heterocycles. The number of hydrogen-bond acceptors (Lipinski definition) is 3. The fourth-order valence-electron chi connectivity index (χ4n) is 1.72. The Morgan fingerprint density at radius 3 is 2.60 bits per heavy atom. The molecule has 0 spiro atoms. The maximum atomic E-state index is 11.7. The number of carbonyl (C=O) groups is 1. The highest BCUT2D eigenvalue weighted by molar-refractivity contribution is 5.89. The number of anilines is 1. The van der Waals surface area contributed by atoms with Crippen molar-refractivity contribution < 1.29 is 4.79 Å². The first-order chi connectivity index (χ1) is 9.65.